The largest absolute Gasteiger partial charge is 0.298 e. The molecule has 0 atom stereocenters. The first-order chi connectivity index (χ1) is 12.8. The second-order valence-electron chi connectivity index (χ2n) is 5.58. The molecule has 0 saturated carbocycles. The Bertz CT molecular complexity index is 863. The van der Waals surface area contributed by atoms with Gasteiger partial charge in [-0.05, 0) is 48.5 Å². The van der Waals surface area contributed by atoms with Gasteiger partial charge in [0.2, 0.25) is 0 Å². The van der Waals surface area contributed by atoms with Crippen LogP contribution in [0.1, 0.15) is 10.4 Å². The van der Waals surface area contributed by atoms with Crippen LogP contribution in [0.5, 0.6) is 0 Å². The molecule has 0 unspecified atom stereocenters. The summed E-state index contributed by atoms with van der Waals surface area (Å²) in [5.74, 6) is 0. The van der Waals surface area contributed by atoms with E-state index in [0.717, 1.165) is 6.29 Å². The standard InChI is InChI=1S/C19H15OS.F6P/c20-15-16-11-13-19(14-12-16)21(17-7-3-1-4-8-17)18-9-5-2-6-10-18;1-7(2,3,4,5)6/h1-15H;/q+1;-1. The number of halogens is 6. The maximum Gasteiger partial charge on any atom is 0.166 e. The number of hydrogen-bond donors (Lipinski definition) is 0. The van der Waals surface area contributed by atoms with Gasteiger partial charge in [0.1, 0.15) is 6.29 Å². The van der Waals surface area contributed by atoms with Crippen molar-refractivity contribution in [1.82, 2.24) is 0 Å². The Balaban J connectivity index is 0.000000345. The summed E-state index contributed by atoms with van der Waals surface area (Å²) in [7, 11) is -10.8. The molecule has 0 saturated heterocycles. The molecule has 3 aromatic rings. The summed E-state index contributed by atoms with van der Waals surface area (Å²) in [6.45, 7) is 0. The molecule has 0 aliphatic carbocycles. The van der Waals surface area contributed by atoms with Gasteiger partial charge in [0, 0.05) is 5.56 Å². The van der Waals surface area contributed by atoms with Crippen molar-refractivity contribution in [2.45, 2.75) is 14.7 Å². The van der Waals surface area contributed by atoms with Crippen LogP contribution in [0.3, 0.4) is 0 Å². The summed E-state index contributed by atoms with van der Waals surface area (Å²) < 4.78 is 59.2. The summed E-state index contributed by atoms with van der Waals surface area (Å²) in [4.78, 5) is 14.6. The van der Waals surface area contributed by atoms with Crippen molar-refractivity contribution in [3.05, 3.63) is 90.5 Å². The van der Waals surface area contributed by atoms with Gasteiger partial charge in [-0.3, -0.25) is 4.79 Å². The van der Waals surface area contributed by atoms with Crippen molar-refractivity contribution in [3.63, 3.8) is 0 Å². The van der Waals surface area contributed by atoms with E-state index in [1.165, 1.54) is 14.7 Å². The van der Waals surface area contributed by atoms with Crippen molar-refractivity contribution in [3.8, 4) is 0 Å². The van der Waals surface area contributed by atoms with Crippen molar-refractivity contribution in [2.75, 3.05) is 0 Å². The molecule has 9 heteroatoms. The van der Waals surface area contributed by atoms with Crippen LogP contribution in [0.2, 0.25) is 0 Å². The monoisotopic (exact) mass is 436 g/mol. The Morgan fingerprint density at radius 2 is 0.893 bits per heavy atom. The molecule has 0 amide bonds. The first-order valence-electron chi connectivity index (χ1n) is 7.79. The number of rotatable bonds is 4. The molecule has 0 aliphatic heterocycles. The number of benzene rings is 3. The number of aldehydes is 1. The maximum atomic E-state index is 10.8. The molecule has 150 valence electrons. The van der Waals surface area contributed by atoms with Crippen LogP contribution >= 0.6 is 7.81 Å². The van der Waals surface area contributed by atoms with Gasteiger partial charge in [-0.1, -0.05) is 36.4 Å². The molecule has 0 spiro atoms. The minimum atomic E-state index is -10.7. The zero-order valence-electron chi connectivity index (χ0n) is 14.2. The predicted molar refractivity (Wildman–Crippen MR) is 100 cm³/mol. The fraction of sp³-hybridized carbons (Fsp3) is 0. The Morgan fingerprint density at radius 1 is 0.571 bits per heavy atom. The van der Waals surface area contributed by atoms with Crippen LogP contribution in [0.4, 0.5) is 25.2 Å². The van der Waals surface area contributed by atoms with E-state index in [0.29, 0.717) is 5.56 Å². The molecule has 0 bridgehead atoms. The number of carbonyl (C=O) groups excluding carboxylic acids is 1. The second kappa shape index (κ2) is 7.60. The first kappa shape index (κ1) is 22.0. The van der Waals surface area contributed by atoms with Crippen LogP contribution in [0, 0.1) is 0 Å². The molecule has 0 radical (unpaired) electrons. The third-order valence-electron chi connectivity index (χ3n) is 3.21. The van der Waals surface area contributed by atoms with Gasteiger partial charge in [0.05, 0.1) is 10.9 Å². The molecule has 3 aromatic carbocycles. The Kier molecular flexibility index (Phi) is 5.97. The normalized spacial score (nSPS) is 13.7. The minimum absolute atomic E-state index is 0.141. The van der Waals surface area contributed by atoms with E-state index < -0.39 is 7.81 Å². The van der Waals surface area contributed by atoms with Gasteiger partial charge in [-0.2, -0.15) is 0 Å². The van der Waals surface area contributed by atoms with Gasteiger partial charge < -0.3 is 0 Å². The molecule has 0 heterocycles. The summed E-state index contributed by atoms with van der Waals surface area (Å²) >= 11 is 0. The minimum Gasteiger partial charge on any atom is -0.298 e. The van der Waals surface area contributed by atoms with E-state index in [1.54, 1.807) is 0 Å². The van der Waals surface area contributed by atoms with Gasteiger partial charge in [0.15, 0.2) is 14.7 Å². The van der Waals surface area contributed by atoms with Crippen LogP contribution in [0.25, 0.3) is 0 Å². The van der Waals surface area contributed by atoms with Crippen LogP contribution in [-0.2, 0) is 10.9 Å². The van der Waals surface area contributed by atoms with Gasteiger partial charge in [-0.25, -0.2) is 0 Å². The van der Waals surface area contributed by atoms with Gasteiger partial charge >= 0.3 is 33.0 Å². The van der Waals surface area contributed by atoms with E-state index in [4.69, 9.17) is 0 Å². The molecule has 0 aliphatic rings. The van der Waals surface area contributed by atoms with Crippen molar-refractivity contribution in [2.24, 2.45) is 0 Å². The second-order valence-corrected chi connectivity index (χ2v) is 9.52. The summed E-state index contributed by atoms with van der Waals surface area (Å²) in [6.07, 6.45) is 0.882. The number of hydrogen-bond acceptors (Lipinski definition) is 1. The van der Waals surface area contributed by atoms with Crippen LogP contribution in [-0.4, -0.2) is 6.29 Å². The van der Waals surface area contributed by atoms with Gasteiger partial charge in [0.25, 0.3) is 0 Å². The van der Waals surface area contributed by atoms with Crippen LogP contribution in [0.15, 0.2) is 99.6 Å². The first-order valence-corrected chi connectivity index (χ1v) is 11.0. The third kappa shape index (κ3) is 8.59. The van der Waals surface area contributed by atoms with E-state index in [9.17, 15) is 30.0 Å². The predicted octanol–water partition coefficient (Wildman–Crippen LogP) is 7.98. The number of carbonyl (C=O) groups is 1. The zero-order chi connectivity index (χ0) is 20.9. The smallest absolute Gasteiger partial charge is 0.166 e. The Hall–Kier alpha value is -2.31. The zero-order valence-corrected chi connectivity index (χ0v) is 15.9. The average Bonchev–Trinajstić information content (AvgIpc) is 2.62. The molecular formula is C19H15F6OPS. The summed E-state index contributed by atoms with van der Waals surface area (Å²) in [5, 5.41) is 0. The van der Waals surface area contributed by atoms with E-state index in [-0.39, 0.29) is 10.9 Å². The van der Waals surface area contributed by atoms with Crippen molar-refractivity contribution < 1.29 is 30.0 Å². The molecule has 1 nitrogen and oxygen atoms in total. The van der Waals surface area contributed by atoms with Crippen molar-refractivity contribution in [1.29, 1.82) is 0 Å². The topological polar surface area (TPSA) is 17.1 Å². The fourth-order valence-corrected chi connectivity index (χ4v) is 4.29. The Labute approximate surface area is 160 Å². The quantitative estimate of drug-likeness (QED) is 0.175. The Morgan fingerprint density at radius 3 is 1.21 bits per heavy atom. The van der Waals surface area contributed by atoms with Crippen molar-refractivity contribution >= 4 is 25.0 Å². The maximum absolute atomic E-state index is 10.8. The van der Waals surface area contributed by atoms with Gasteiger partial charge in [-0.15, -0.1) is 0 Å². The van der Waals surface area contributed by atoms with E-state index in [1.807, 2.05) is 36.4 Å². The molecule has 0 aromatic heterocycles. The van der Waals surface area contributed by atoms with Crippen LogP contribution < -0.4 is 0 Å². The average molecular weight is 436 g/mol. The molecule has 0 N–H and O–H groups in total. The summed E-state index contributed by atoms with van der Waals surface area (Å²) in [6, 6.07) is 28.8. The summed E-state index contributed by atoms with van der Waals surface area (Å²) in [5.41, 5.74) is 0.712. The third-order valence-corrected chi connectivity index (χ3v) is 5.44. The SMILES string of the molecule is F[P-](F)(F)(F)(F)F.O=Cc1ccc([S+](c2ccccc2)c2ccccc2)cc1. The molecule has 0 fully saturated rings. The molecule has 28 heavy (non-hydrogen) atoms. The van der Waals surface area contributed by atoms with E-state index in [2.05, 4.69) is 48.5 Å². The molecule has 3 rings (SSSR count). The fourth-order valence-electron chi connectivity index (χ4n) is 2.20. The van der Waals surface area contributed by atoms with E-state index >= 15 is 0 Å². The molecular weight excluding hydrogens is 421 g/mol.